The Kier molecular flexibility index (Phi) is 3.86. The van der Waals surface area contributed by atoms with Crippen molar-refractivity contribution in [3.05, 3.63) is 73.2 Å². The molecule has 0 saturated heterocycles. The van der Waals surface area contributed by atoms with Crippen molar-refractivity contribution >= 4 is 16.6 Å². The molecule has 4 aromatic rings. The molecule has 2 aromatic carbocycles. The second-order valence-electron chi connectivity index (χ2n) is 6.08. The van der Waals surface area contributed by atoms with E-state index in [0.717, 1.165) is 28.3 Å². The molecular weight excluding hydrogens is 308 g/mol. The molecule has 25 heavy (non-hydrogen) atoms. The van der Waals surface area contributed by atoms with Crippen molar-refractivity contribution in [3.8, 4) is 22.5 Å². The molecule has 0 aliphatic heterocycles. The van der Waals surface area contributed by atoms with Crippen LogP contribution in [-0.2, 0) is 0 Å². The Balaban J connectivity index is 2.01. The van der Waals surface area contributed by atoms with Crippen molar-refractivity contribution in [2.45, 2.75) is 0 Å². The molecule has 0 atom stereocenters. The van der Waals surface area contributed by atoms with Gasteiger partial charge in [0.15, 0.2) is 0 Å². The van der Waals surface area contributed by atoms with E-state index in [1.165, 1.54) is 10.8 Å². The van der Waals surface area contributed by atoms with E-state index in [0.29, 0.717) is 0 Å². The van der Waals surface area contributed by atoms with Crippen molar-refractivity contribution in [2.75, 3.05) is 19.0 Å². The molecule has 0 aliphatic rings. The minimum Gasteiger partial charge on any atom is -0.361 e. The Bertz CT molecular complexity index is 1020. The van der Waals surface area contributed by atoms with Gasteiger partial charge >= 0.3 is 0 Å². The van der Waals surface area contributed by atoms with Crippen LogP contribution in [0.2, 0.25) is 0 Å². The molecule has 122 valence electrons. The van der Waals surface area contributed by atoms with Crippen LogP contribution in [0.5, 0.6) is 0 Å². The van der Waals surface area contributed by atoms with Gasteiger partial charge in [0.25, 0.3) is 0 Å². The van der Waals surface area contributed by atoms with Crippen LogP contribution in [-0.4, -0.2) is 29.0 Å². The lowest BCUT2D eigenvalue weighted by molar-refractivity contribution is 1.05. The summed E-state index contributed by atoms with van der Waals surface area (Å²) in [6.45, 7) is 0. The highest BCUT2D eigenvalue weighted by Crippen LogP contribution is 2.34. The summed E-state index contributed by atoms with van der Waals surface area (Å²) in [7, 11) is 3.94. The van der Waals surface area contributed by atoms with E-state index in [9.17, 15) is 0 Å². The molecular formula is C21H18N4. The zero-order valence-corrected chi connectivity index (χ0v) is 14.2. The number of hydrogen-bond donors (Lipinski definition) is 0. The zero-order chi connectivity index (χ0) is 17.2. The summed E-state index contributed by atoms with van der Waals surface area (Å²) in [5.74, 6) is 0.829. The molecule has 2 aromatic heterocycles. The Morgan fingerprint density at radius 2 is 1.56 bits per heavy atom. The van der Waals surface area contributed by atoms with Gasteiger partial charge in [0.1, 0.15) is 5.82 Å². The monoisotopic (exact) mass is 326 g/mol. The standard InChI is InChI=1S/C21H18N4/c1-25(2)19-14-23-21(20(24-19)16-10-12-22-13-11-16)18-9-5-7-15-6-3-4-8-17(15)18/h3-14H,1-2H3. The van der Waals surface area contributed by atoms with Gasteiger partial charge in [-0.2, -0.15) is 0 Å². The molecule has 2 heterocycles. The van der Waals surface area contributed by atoms with Crippen LogP contribution in [0, 0.1) is 0 Å². The van der Waals surface area contributed by atoms with Crippen molar-refractivity contribution in [2.24, 2.45) is 0 Å². The maximum Gasteiger partial charge on any atom is 0.147 e. The summed E-state index contributed by atoms with van der Waals surface area (Å²) < 4.78 is 0. The number of anilines is 1. The average Bonchev–Trinajstić information content (AvgIpc) is 2.68. The number of hydrogen-bond acceptors (Lipinski definition) is 4. The fourth-order valence-corrected chi connectivity index (χ4v) is 2.94. The second kappa shape index (κ2) is 6.32. The topological polar surface area (TPSA) is 41.9 Å². The molecule has 4 rings (SSSR count). The highest BCUT2D eigenvalue weighted by Gasteiger charge is 2.15. The summed E-state index contributed by atoms with van der Waals surface area (Å²) >= 11 is 0. The van der Waals surface area contributed by atoms with Gasteiger partial charge in [-0.05, 0) is 22.9 Å². The van der Waals surface area contributed by atoms with Gasteiger partial charge in [-0.1, -0.05) is 42.5 Å². The van der Waals surface area contributed by atoms with Gasteiger partial charge < -0.3 is 4.90 Å². The van der Waals surface area contributed by atoms with Crippen molar-refractivity contribution in [1.29, 1.82) is 0 Å². The lowest BCUT2D eigenvalue weighted by atomic mass is 9.99. The third kappa shape index (κ3) is 2.83. The number of nitrogens with zero attached hydrogens (tertiary/aromatic N) is 4. The number of pyridine rings is 1. The predicted molar refractivity (Wildman–Crippen MR) is 103 cm³/mol. The first-order valence-electron chi connectivity index (χ1n) is 8.17. The summed E-state index contributed by atoms with van der Waals surface area (Å²) in [5, 5.41) is 2.37. The molecule has 0 bridgehead atoms. The van der Waals surface area contributed by atoms with Crippen LogP contribution in [0.1, 0.15) is 0 Å². The quantitative estimate of drug-likeness (QED) is 0.559. The molecule has 0 spiro atoms. The van der Waals surface area contributed by atoms with Crippen LogP contribution in [0.3, 0.4) is 0 Å². The molecule has 0 N–H and O–H groups in total. The third-order valence-electron chi connectivity index (χ3n) is 4.22. The first-order chi connectivity index (χ1) is 12.2. The lowest BCUT2D eigenvalue weighted by Gasteiger charge is -2.16. The van der Waals surface area contributed by atoms with Crippen LogP contribution in [0.15, 0.2) is 73.2 Å². The predicted octanol–water partition coefficient (Wildman–Crippen LogP) is 4.42. The van der Waals surface area contributed by atoms with Gasteiger partial charge in [0.2, 0.25) is 0 Å². The fourth-order valence-electron chi connectivity index (χ4n) is 2.94. The smallest absolute Gasteiger partial charge is 0.147 e. The van der Waals surface area contributed by atoms with Crippen LogP contribution in [0.25, 0.3) is 33.3 Å². The first-order valence-corrected chi connectivity index (χ1v) is 8.17. The SMILES string of the molecule is CN(C)c1cnc(-c2cccc3ccccc23)c(-c2ccncc2)n1. The molecule has 0 amide bonds. The molecule has 0 fully saturated rings. The van der Waals surface area contributed by atoms with Crippen molar-refractivity contribution < 1.29 is 0 Å². The minimum atomic E-state index is 0.829. The van der Waals surface area contributed by atoms with E-state index < -0.39 is 0 Å². The van der Waals surface area contributed by atoms with Crippen molar-refractivity contribution in [3.63, 3.8) is 0 Å². The average molecular weight is 326 g/mol. The maximum absolute atomic E-state index is 4.86. The third-order valence-corrected chi connectivity index (χ3v) is 4.22. The Labute approximate surface area is 146 Å². The van der Waals surface area contributed by atoms with E-state index in [1.54, 1.807) is 12.4 Å². The van der Waals surface area contributed by atoms with Gasteiger partial charge in [-0.3, -0.25) is 9.97 Å². The Hall–Kier alpha value is -3.27. The van der Waals surface area contributed by atoms with Crippen LogP contribution < -0.4 is 4.90 Å². The molecule has 4 nitrogen and oxygen atoms in total. The van der Waals surface area contributed by atoms with Gasteiger partial charge in [-0.15, -0.1) is 0 Å². The molecule has 0 unspecified atom stereocenters. The number of benzene rings is 2. The highest BCUT2D eigenvalue weighted by molar-refractivity contribution is 5.98. The lowest BCUT2D eigenvalue weighted by Crippen LogP contribution is -2.12. The van der Waals surface area contributed by atoms with E-state index >= 15 is 0 Å². The Morgan fingerprint density at radius 3 is 2.36 bits per heavy atom. The van der Waals surface area contributed by atoms with E-state index in [1.807, 2.05) is 37.3 Å². The summed E-state index contributed by atoms with van der Waals surface area (Å²) in [6, 6.07) is 18.6. The zero-order valence-electron chi connectivity index (χ0n) is 14.2. The largest absolute Gasteiger partial charge is 0.361 e. The molecule has 4 heteroatoms. The molecule has 0 radical (unpaired) electrons. The van der Waals surface area contributed by atoms with Crippen LogP contribution >= 0.6 is 0 Å². The Morgan fingerprint density at radius 1 is 0.800 bits per heavy atom. The van der Waals surface area contributed by atoms with E-state index in [4.69, 9.17) is 9.97 Å². The van der Waals surface area contributed by atoms with Gasteiger partial charge in [-0.25, -0.2) is 4.98 Å². The summed E-state index contributed by atoms with van der Waals surface area (Å²) in [6.07, 6.45) is 5.39. The van der Waals surface area contributed by atoms with Crippen LogP contribution in [0.4, 0.5) is 5.82 Å². The number of aromatic nitrogens is 3. The molecule has 0 aliphatic carbocycles. The number of rotatable bonds is 3. The van der Waals surface area contributed by atoms with Crippen molar-refractivity contribution in [1.82, 2.24) is 15.0 Å². The highest BCUT2D eigenvalue weighted by atomic mass is 15.1. The summed E-state index contributed by atoms with van der Waals surface area (Å²) in [5.41, 5.74) is 3.84. The molecule has 0 saturated carbocycles. The summed E-state index contributed by atoms with van der Waals surface area (Å²) in [4.78, 5) is 15.7. The minimum absolute atomic E-state index is 0.829. The fraction of sp³-hybridized carbons (Fsp3) is 0.0952. The van der Waals surface area contributed by atoms with Gasteiger partial charge in [0, 0.05) is 37.6 Å². The maximum atomic E-state index is 4.86. The normalized spacial score (nSPS) is 10.8. The first kappa shape index (κ1) is 15.3. The van der Waals surface area contributed by atoms with E-state index in [-0.39, 0.29) is 0 Å². The van der Waals surface area contributed by atoms with E-state index in [2.05, 4.69) is 47.4 Å². The number of fused-ring (bicyclic) bond motifs is 1. The second-order valence-corrected chi connectivity index (χ2v) is 6.08. The van der Waals surface area contributed by atoms with Gasteiger partial charge in [0.05, 0.1) is 17.6 Å².